The number of anilines is 3. The Hall–Kier alpha value is -6.97. The highest BCUT2D eigenvalue weighted by atomic mass is 16.4. The molecule has 0 aliphatic rings. The predicted molar refractivity (Wildman–Crippen MR) is 255 cm³/mol. The Kier molecular flexibility index (Phi) is 12.3. The summed E-state index contributed by atoms with van der Waals surface area (Å²) in [5.74, 6) is -0.972. The zero-order valence-electron chi connectivity index (χ0n) is 36.0. The Morgan fingerprint density at radius 3 is 0.933 bits per heavy atom. The molecule has 0 spiro atoms. The van der Waals surface area contributed by atoms with Gasteiger partial charge in [0.05, 0.1) is 0 Å². The third kappa shape index (κ3) is 9.49. The van der Waals surface area contributed by atoms with Crippen LogP contribution in [0.3, 0.4) is 0 Å². The van der Waals surface area contributed by atoms with E-state index in [1.165, 1.54) is 84.0 Å². The molecule has 1 N–H and O–H groups in total. The zero-order chi connectivity index (χ0) is 42.5. The minimum atomic E-state index is -0.972. The average molecular weight is 784 g/mol. The van der Waals surface area contributed by atoms with Crippen LogP contribution in [0, 0.1) is 55.4 Å². The van der Waals surface area contributed by atoms with Crippen molar-refractivity contribution < 1.29 is 9.90 Å². The molecule has 7 aromatic carbocycles. The lowest BCUT2D eigenvalue weighted by Crippen LogP contribution is -2.09. The summed E-state index contributed by atoms with van der Waals surface area (Å²) in [5, 5.41) is 9.22. The normalized spacial score (nSPS) is 11.1. The summed E-state index contributed by atoms with van der Waals surface area (Å²) in [6.45, 7) is 17.3. The summed E-state index contributed by atoms with van der Waals surface area (Å²) in [7, 11) is 0. The van der Waals surface area contributed by atoms with Crippen LogP contribution in [0.1, 0.15) is 83.5 Å². The molecular weight excluding hydrogens is 731 g/mol. The molecule has 7 rings (SSSR count). The van der Waals surface area contributed by atoms with Gasteiger partial charge in [-0.05, 0) is 205 Å². The number of aryl methyl sites for hydroxylation is 8. The van der Waals surface area contributed by atoms with Gasteiger partial charge >= 0.3 is 5.97 Å². The minimum absolute atomic E-state index is 0.817. The van der Waals surface area contributed by atoms with Crippen LogP contribution in [0.4, 0.5) is 17.1 Å². The third-order valence-electron chi connectivity index (χ3n) is 11.8. The molecule has 0 aliphatic heterocycles. The second kappa shape index (κ2) is 17.9. The monoisotopic (exact) mass is 783 g/mol. The molecule has 0 aromatic heterocycles. The maximum atomic E-state index is 11.2. The van der Waals surface area contributed by atoms with Gasteiger partial charge in [0.25, 0.3) is 0 Å². The van der Waals surface area contributed by atoms with Gasteiger partial charge in [0.15, 0.2) is 0 Å². The molecule has 0 unspecified atom stereocenters. The quantitative estimate of drug-likeness (QED) is 0.105. The van der Waals surface area contributed by atoms with Gasteiger partial charge in [-0.15, -0.1) is 0 Å². The van der Waals surface area contributed by atoms with Crippen molar-refractivity contribution in [3.05, 3.63) is 235 Å². The third-order valence-corrected chi connectivity index (χ3v) is 11.8. The Balaban J connectivity index is 1.29. The van der Waals surface area contributed by atoms with Crippen molar-refractivity contribution in [1.29, 1.82) is 0 Å². The van der Waals surface area contributed by atoms with E-state index in [4.69, 9.17) is 0 Å². The van der Waals surface area contributed by atoms with Gasteiger partial charge in [-0.3, -0.25) is 0 Å². The van der Waals surface area contributed by atoms with Crippen molar-refractivity contribution in [1.82, 2.24) is 0 Å². The zero-order valence-corrected chi connectivity index (χ0v) is 36.0. The van der Waals surface area contributed by atoms with Gasteiger partial charge < -0.3 is 10.0 Å². The lowest BCUT2D eigenvalue weighted by atomic mass is 9.91. The Morgan fingerprint density at radius 1 is 0.383 bits per heavy atom. The summed E-state index contributed by atoms with van der Waals surface area (Å²) in [6.07, 6.45) is 7.36. The molecule has 0 heterocycles. The van der Waals surface area contributed by atoms with Gasteiger partial charge in [0, 0.05) is 23.1 Å². The molecule has 0 fully saturated rings. The van der Waals surface area contributed by atoms with Crippen molar-refractivity contribution in [3.63, 3.8) is 0 Å². The van der Waals surface area contributed by atoms with Gasteiger partial charge in [-0.25, -0.2) is 4.79 Å². The maximum Gasteiger partial charge on any atom is 0.328 e. The number of hydrogen-bond donors (Lipinski definition) is 1. The van der Waals surface area contributed by atoms with E-state index in [1.54, 1.807) is 6.08 Å². The molecule has 0 atom stereocenters. The molecule has 0 saturated heterocycles. The number of hydrogen-bond acceptors (Lipinski definition) is 2. The van der Waals surface area contributed by atoms with Crippen molar-refractivity contribution in [2.75, 3.05) is 4.90 Å². The number of aliphatic carboxylic acids is 1. The Labute approximate surface area is 356 Å². The first-order valence-corrected chi connectivity index (χ1v) is 20.6. The van der Waals surface area contributed by atoms with Crippen molar-refractivity contribution >= 4 is 52.4 Å². The molecule has 0 radical (unpaired) electrons. The molecule has 0 saturated carbocycles. The number of carbonyl (C=O) groups is 1. The van der Waals surface area contributed by atoms with E-state index in [1.807, 2.05) is 24.3 Å². The van der Waals surface area contributed by atoms with Crippen molar-refractivity contribution in [3.8, 4) is 0 Å². The van der Waals surface area contributed by atoms with E-state index in [0.717, 1.165) is 33.8 Å². The fraction of sp³-hybridized carbons (Fsp3) is 0.140. The molecular formula is C57H53NO2. The van der Waals surface area contributed by atoms with Gasteiger partial charge in [-0.2, -0.15) is 0 Å². The second-order valence-corrected chi connectivity index (χ2v) is 16.1. The minimum Gasteiger partial charge on any atom is -0.478 e. The van der Waals surface area contributed by atoms with Crippen molar-refractivity contribution in [2.45, 2.75) is 55.4 Å². The molecule has 0 bridgehead atoms. The van der Waals surface area contributed by atoms with E-state index >= 15 is 0 Å². The fourth-order valence-corrected chi connectivity index (χ4v) is 7.42. The maximum absolute atomic E-state index is 11.2. The van der Waals surface area contributed by atoms with Crippen LogP contribution >= 0.6 is 0 Å². The summed E-state index contributed by atoms with van der Waals surface area (Å²) in [4.78, 5) is 13.5. The highest BCUT2D eigenvalue weighted by Crippen LogP contribution is 2.37. The average Bonchev–Trinajstić information content (AvgIpc) is 3.24. The number of benzene rings is 7. The van der Waals surface area contributed by atoms with Crippen LogP contribution in [0.2, 0.25) is 0 Å². The van der Waals surface area contributed by atoms with Crippen LogP contribution < -0.4 is 4.90 Å². The van der Waals surface area contributed by atoms with Crippen LogP contribution in [0.15, 0.2) is 152 Å². The molecule has 7 aromatic rings. The number of carboxylic acid groups (broad SMARTS) is 1. The van der Waals surface area contributed by atoms with Crippen LogP contribution in [-0.4, -0.2) is 11.1 Å². The lowest BCUT2D eigenvalue weighted by molar-refractivity contribution is -0.131. The first-order chi connectivity index (χ1) is 28.8. The van der Waals surface area contributed by atoms with Gasteiger partial charge in [-0.1, -0.05) is 109 Å². The standard InChI is InChI=1S/C57H53NO2/c1-37-9-20-48(31-41(37)5)55(49-21-10-38(2)42(6)32-49)35-46-15-26-53(27-16-46)58(52-24-13-45(14-25-52)19-30-57(59)60)54-28-17-47(18-29-54)36-56(50-22-11-39(3)43(7)33-50)51-23-12-40(4)44(8)34-51/h9-36H,1-8H3,(H,59,60). The van der Waals surface area contributed by atoms with Crippen LogP contribution in [0.25, 0.3) is 29.4 Å². The van der Waals surface area contributed by atoms with Crippen LogP contribution in [0.5, 0.6) is 0 Å². The summed E-state index contributed by atoms with van der Waals surface area (Å²) in [6, 6.07) is 52.3. The summed E-state index contributed by atoms with van der Waals surface area (Å²) >= 11 is 0. The number of nitrogens with zero attached hydrogens (tertiary/aromatic N) is 1. The molecule has 3 nitrogen and oxygen atoms in total. The van der Waals surface area contributed by atoms with Crippen LogP contribution in [-0.2, 0) is 4.79 Å². The fourth-order valence-electron chi connectivity index (χ4n) is 7.42. The first kappa shape index (κ1) is 41.2. The highest BCUT2D eigenvalue weighted by Gasteiger charge is 2.15. The Morgan fingerprint density at radius 2 is 0.667 bits per heavy atom. The number of rotatable bonds is 11. The first-order valence-electron chi connectivity index (χ1n) is 20.6. The van der Waals surface area contributed by atoms with E-state index in [-0.39, 0.29) is 0 Å². The molecule has 3 heteroatoms. The number of carboxylic acids is 1. The summed E-state index contributed by atoms with van der Waals surface area (Å²) in [5.41, 5.74) is 23.3. The SMILES string of the molecule is Cc1ccc(C(=Cc2ccc(N(c3ccc(C=CC(=O)O)cc3)c3ccc(C=C(c4ccc(C)c(C)c4)c4ccc(C)c(C)c4)cc3)cc2)c2ccc(C)c(C)c2)cc1C. The molecule has 298 valence electrons. The van der Waals surface area contributed by atoms with E-state index in [2.05, 4.69) is 194 Å². The van der Waals surface area contributed by atoms with Gasteiger partial charge in [0.2, 0.25) is 0 Å². The topological polar surface area (TPSA) is 40.5 Å². The summed E-state index contributed by atoms with van der Waals surface area (Å²) < 4.78 is 0. The van der Waals surface area contributed by atoms with E-state index in [0.29, 0.717) is 0 Å². The van der Waals surface area contributed by atoms with E-state index in [9.17, 15) is 9.90 Å². The molecule has 0 aliphatic carbocycles. The van der Waals surface area contributed by atoms with Crippen molar-refractivity contribution in [2.24, 2.45) is 0 Å². The lowest BCUT2D eigenvalue weighted by Gasteiger charge is -2.26. The second-order valence-electron chi connectivity index (χ2n) is 16.1. The molecule has 0 amide bonds. The largest absolute Gasteiger partial charge is 0.478 e. The van der Waals surface area contributed by atoms with Gasteiger partial charge in [0.1, 0.15) is 0 Å². The predicted octanol–water partition coefficient (Wildman–Crippen LogP) is 14.9. The smallest absolute Gasteiger partial charge is 0.328 e. The highest BCUT2D eigenvalue weighted by molar-refractivity contribution is 5.94. The molecule has 60 heavy (non-hydrogen) atoms. The van der Waals surface area contributed by atoms with E-state index < -0.39 is 5.97 Å². The Bertz CT molecular complexity index is 2510.